The minimum Gasteiger partial charge on any atom is -0.387 e. The first-order chi connectivity index (χ1) is 5.27. The Labute approximate surface area is 66.3 Å². The molecule has 1 saturated carbocycles. The Bertz CT molecular complexity index is 250. The van der Waals surface area contributed by atoms with Gasteiger partial charge in [0.2, 0.25) is 0 Å². The molecule has 1 aliphatic carbocycles. The van der Waals surface area contributed by atoms with Gasteiger partial charge in [0.25, 0.3) is 0 Å². The van der Waals surface area contributed by atoms with Gasteiger partial charge in [-0.1, -0.05) is 0 Å². The average Bonchev–Trinajstić information content (AvgIpc) is 2.74. The molecule has 1 heterocycles. The van der Waals surface area contributed by atoms with E-state index in [1.54, 1.807) is 0 Å². The van der Waals surface area contributed by atoms with Crippen LogP contribution in [0.5, 0.6) is 0 Å². The molecule has 0 aliphatic heterocycles. The highest BCUT2D eigenvalue weighted by atomic mass is 16.3. The summed E-state index contributed by atoms with van der Waals surface area (Å²) in [4.78, 5) is 3.08. The van der Waals surface area contributed by atoms with Crippen LogP contribution < -0.4 is 0 Å². The van der Waals surface area contributed by atoms with Crippen LogP contribution in [0.3, 0.4) is 0 Å². The molecule has 0 spiro atoms. The van der Waals surface area contributed by atoms with Crippen LogP contribution in [0.15, 0.2) is 12.3 Å². The lowest BCUT2D eigenvalue weighted by Gasteiger charge is -2.04. The van der Waals surface area contributed by atoms with E-state index in [1.165, 1.54) is 18.4 Å². The Morgan fingerprint density at radius 1 is 1.64 bits per heavy atom. The summed E-state index contributed by atoms with van der Waals surface area (Å²) in [5, 5.41) is 9.64. The van der Waals surface area contributed by atoms with E-state index < -0.39 is 0 Å². The Morgan fingerprint density at radius 3 is 2.82 bits per heavy atom. The van der Waals surface area contributed by atoms with E-state index in [1.807, 2.05) is 19.2 Å². The summed E-state index contributed by atoms with van der Waals surface area (Å²) in [6, 6.07) is 2.02. The zero-order valence-corrected chi connectivity index (χ0v) is 6.67. The Hall–Kier alpha value is -0.760. The molecule has 1 aromatic rings. The van der Waals surface area contributed by atoms with Crippen LogP contribution in [-0.4, -0.2) is 10.1 Å². The molecule has 0 radical (unpaired) electrons. The molecular formula is C9H13NO. The fourth-order valence-electron chi connectivity index (χ4n) is 1.36. The molecule has 0 aromatic carbocycles. The van der Waals surface area contributed by atoms with Gasteiger partial charge in [0.05, 0.1) is 6.10 Å². The van der Waals surface area contributed by atoms with Gasteiger partial charge < -0.3 is 10.1 Å². The van der Waals surface area contributed by atoms with Gasteiger partial charge in [-0.15, -0.1) is 0 Å². The normalized spacial score (nSPS) is 20.2. The highest BCUT2D eigenvalue weighted by Gasteiger charge is 2.31. The van der Waals surface area contributed by atoms with Crippen molar-refractivity contribution in [2.75, 3.05) is 0 Å². The first kappa shape index (κ1) is 6.92. The third-order valence-electron chi connectivity index (χ3n) is 2.24. The average molecular weight is 151 g/mol. The van der Waals surface area contributed by atoms with Crippen LogP contribution in [0.4, 0.5) is 0 Å². The van der Waals surface area contributed by atoms with Crippen LogP contribution in [0.2, 0.25) is 0 Å². The molecule has 2 heteroatoms. The topological polar surface area (TPSA) is 36.0 Å². The Kier molecular flexibility index (Phi) is 1.50. The second-order valence-corrected chi connectivity index (χ2v) is 3.41. The molecular weight excluding hydrogens is 138 g/mol. The van der Waals surface area contributed by atoms with Gasteiger partial charge in [0, 0.05) is 11.9 Å². The molecule has 11 heavy (non-hydrogen) atoms. The van der Waals surface area contributed by atoms with E-state index in [-0.39, 0.29) is 6.10 Å². The van der Waals surface area contributed by atoms with Crippen molar-refractivity contribution in [2.24, 2.45) is 5.92 Å². The van der Waals surface area contributed by atoms with Crippen LogP contribution in [0.1, 0.15) is 30.2 Å². The summed E-state index contributed by atoms with van der Waals surface area (Å²) < 4.78 is 0. The molecule has 2 rings (SSSR count). The maximum absolute atomic E-state index is 9.64. The lowest BCUT2D eigenvalue weighted by molar-refractivity contribution is 0.149. The molecule has 1 unspecified atom stereocenters. The van der Waals surface area contributed by atoms with Gasteiger partial charge in [0.1, 0.15) is 0 Å². The summed E-state index contributed by atoms with van der Waals surface area (Å²) in [6.07, 6.45) is 4.04. The molecule has 1 fully saturated rings. The summed E-state index contributed by atoms with van der Waals surface area (Å²) in [7, 11) is 0. The fraction of sp³-hybridized carbons (Fsp3) is 0.556. The van der Waals surface area contributed by atoms with Crippen molar-refractivity contribution in [3.63, 3.8) is 0 Å². The monoisotopic (exact) mass is 151 g/mol. The molecule has 1 aromatic heterocycles. The first-order valence-electron chi connectivity index (χ1n) is 4.10. The number of aromatic nitrogens is 1. The van der Waals surface area contributed by atoms with Crippen LogP contribution in [-0.2, 0) is 0 Å². The predicted octanol–water partition coefficient (Wildman–Crippen LogP) is 1.77. The third-order valence-corrected chi connectivity index (χ3v) is 2.24. The fourth-order valence-corrected chi connectivity index (χ4v) is 1.36. The summed E-state index contributed by atoms with van der Waals surface area (Å²) in [6.45, 7) is 2.03. The van der Waals surface area contributed by atoms with Crippen LogP contribution in [0.25, 0.3) is 0 Å². The second kappa shape index (κ2) is 2.38. The van der Waals surface area contributed by atoms with Gasteiger partial charge in [-0.3, -0.25) is 0 Å². The number of aryl methyl sites for hydroxylation is 1. The number of rotatable bonds is 2. The highest BCUT2D eigenvalue weighted by molar-refractivity contribution is 5.18. The van der Waals surface area contributed by atoms with E-state index in [2.05, 4.69) is 4.98 Å². The van der Waals surface area contributed by atoms with E-state index >= 15 is 0 Å². The quantitative estimate of drug-likeness (QED) is 0.664. The zero-order valence-electron chi connectivity index (χ0n) is 6.67. The summed E-state index contributed by atoms with van der Waals surface area (Å²) in [5.41, 5.74) is 2.17. The SMILES string of the molecule is Cc1c[nH]c(C(O)C2CC2)c1. The molecule has 0 amide bonds. The van der Waals surface area contributed by atoms with E-state index in [0.29, 0.717) is 5.92 Å². The number of H-pyrrole nitrogens is 1. The zero-order chi connectivity index (χ0) is 7.84. The maximum atomic E-state index is 9.64. The van der Waals surface area contributed by atoms with Crippen molar-refractivity contribution in [1.29, 1.82) is 0 Å². The molecule has 0 saturated heterocycles. The smallest absolute Gasteiger partial charge is 0.0965 e. The van der Waals surface area contributed by atoms with Crippen molar-refractivity contribution in [3.8, 4) is 0 Å². The standard InChI is InChI=1S/C9H13NO/c1-6-4-8(10-5-6)9(11)7-2-3-7/h4-5,7,9-11H,2-3H2,1H3. The van der Waals surface area contributed by atoms with Crippen molar-refractivity contribution in [3.05, 3.63) is 23.5 Å². The molecule has 2 N–H and O–H groups in total. The van der Waals surface area contributed by atoms with Crippen molar-refractivity contribution < 1.29 is 5.11 Å². The molecule has 1 aliphatic rings. The number of aliphatic hydroxyl groups excluding tert-OH is 1. The number of hydrogen-bond donors (Lipinski definition) is 2. The van der Waals surface area contributed by atoms with E-state index in [9.17, 15) is 5.11 Å². The predicted molar refractivity (Wildman–Crippen MR) is 43.2 cm³/mol. The molecule has 2 nitrogen and oxygen atoms in total. The lowest BCUT2D eigenvalue weighted by atomic mass is 10.1. The van der Waals surface area contributed by atoms with E-state index in [0.717, 1.165) is 5.69 Å². The number of aromatic amines is 1. The number of nitrogens with one attached hydrogen (secondary N) is 1. The van der Waals surface area contributed by atoms with E-state index in [4.69, 9.17) is 0 Å². The van der Waals surface area contributed by atoms with Crippen molar-refractivity contribution in [2.45, 2.75) is 25.9 Å². The van der Waals surface area contributed by atoms with Crippen molar-refractivity contribution >= 4 is 0 Å². The summed E-state index contributed by atoms with van der Waals surface area (Å²) in [5.74, 6) is 0.521. The molecule has 1 atom stereocenters. The molecule has 60 valence electrons. The van der Waals surface area contributed by atoms with Crippen LogP contribution in [0, 0.1) is 12.8 Å². The van der Waals surface area contributed by atoms with Gasteiger partial charge in [-0.2, -0.15) is 0 Å². The van der Waals surface area contributed by atoms with Gasteiger partial charge in [0.15, 0.2) is 0 Å². The second-order valence-electron chi connectivity index (χ2n) is 3.41. The third kappa shape index (κ3) is 1.31. The van der Waals surface area contributed by atoms with Gasteiger partial charge in [-0.25, -0.2) is 0 Å². The van der Waals surface area contributed by atoms with Gasteiger partial charge in [-0.05, 0) is 37.3 Å². The number of hydrogen-bond acceptors (Lipinski definition) is 1. The lowest BCUT2D eigenvalue weighted by Crippen LogP contribution is -1.98. The number of aliphatic hydroxyl groups is 1. The molecule has 0 bridgehead atoms. The Balaban J connectivity index is 2.14. The summed E-state index contributed by atoms with van der Waals surface area (Å²) >= 11 is 0. The first-order valence-corrected chi connectivity index (χ1v) is 4.10. The van der Waals surface area contributed by atoms with Crippen molar-refractivity contribution in [1.82, 2.24) is 4.98 Å². The maximum Gasteiger partial charge on any atom is 0.0965 e. The Morgan fingerprint density at radius 2 is 2.36 bits per heavy atom. The minimum absolute atomic E-state index is 0.247. The van der Waals surface area contributed by atoms with Crippen LogP contribution >= 0.6 is 0 Å². The minimum atomic E-state index is -0.247. The highest BCUT2D eigenvalue weighted by Crippen LogP contribution is 2.40. The largest absolute Gasteiger partial charge is 0.387 e. The van der Waals surface area contributed by atoms with Gasteiger partial charge >= 0.3 is 0 Å².